The minimum Gasteiger partial charge on any atom is -0.341 e. The molecule has 0 aliphatic carbocycles. The summed E-state index contributed by atoms with van der Waals surface area (Å²) in [5.41, 5.74) is 6.59. The summed E-state index contributed by atoms with van der Waals surface area (Å²) in [7, 11) is 0. The topological polar surface area (TPSA) is 54.7 Å². The van der Waals surface area contributed by atoms with E-state index in [1.54, 1.807) is 0 Å². The number of benzene rings is 1. The number of hydrogen-bond donors (Lipinski definition) is 2. The van der Waals surface area contributed by atoms with E-state index in [0.717, 1.165) is 24.6 Å². The molecule has 0 radical (unpaired) electrons. The summed E-state index contributed by atoms with van der Waals surface area (Å²) in [6.07, 6.45) is 2.26. The molecule has 3 N–H and O–H groups in total. The van der Waals surface area contributed by atoms with Gasteiger partial charge in [-0.25, -0.2) is 13.8 Å². The summed E-state index contributed by atoms with van der Waals surface area (Å²) in [5, 5.41) is 0. The molecule has 0 bridgehead atoms. The summed E-state index contributed by atoms with van der Waals surface area (Å²) in [6, 6.07) is 3.09. The SMILES string of the molecule is CC(C)CC(N)c1ncc(-c2cc(F)ccc2F)[nH]1. The molecule has 1 heterocycles. The normalized spacial score (nSPS) is 12.9. The molecule has 1 atom stereocenters. The van der Waals surface area contributed by atoms with Crippen LogP contribution in [0.15, 0.2) is 24.4 Å². The van der Waals surface area contributed by atoms with Gasteiger partial charge in [-0.05, 0) is 30.5 Å². The number of nitrogens with two attached hydrogens (primary N) is 1. The molecule has 0 saturated heterocycles. The molecule has 1 aromatic heterocycles. The molecule has 0 saturated carbocycles. The third kappa shape index (κ3) is 3.17. The van der Waals surface area contributed by atoms with Crippen molar-refractivity contribution in [3.63, 3.8) is 0 Å². The third-order valence-electron chi connectivity index (χ3n) is 2.89. The molecule has 2 aromatic rings. The lowest BCUT2D eigenvalue weighted by Crippen LogP contribution is -2.14. The Morgan fingerprint density at radius 1 is 1.32 bits per heavy atom. The molecule has 0 amide bonds. The Hall–Kier alpha value is -1.75. The maximum absolute atomic E-state index is 13.6. The lowest BCUT2D eigenvalue weighted by Gasteiger charge is -2.11. The largest absolute Gasteiger partial charge is 0.341 e. The summed E-state index contributed by atoms with van der Waals surface area (Å²) in [4.78, 5) is 7.11. The number of hydrogen-bond acceptors (Lipinski definition) is 2. The van der Waals surface area contributed by atoms with Crippen LogP contribution in [0.2, 0.25) is 0 Å². The number of nitrogens with one attached hydrogen (secondary N) is 1. The van der Waals surface area contributed by atoms with Gasteiger partial charge in [-0.1, -0.05) is 13.8 Å². The summed E-state index contributed by atoms with van der Waals surface area (Å²) in [6.45, 7) is 4.13. The van der Waals surface area contributed by atoms with Crippen molar-refractivity contribution < 1.29 is 8.78 Å². The van der Waals surface area contributed by atoms with Crippen molar-refractivity contribution in [1.29, 1.82) is 0 Å². The van der Waals surface area contributed by atoms with Gasteiger partial charge in [0.2, 0.25) is 0 Å². The second-order valence-electron chi connectivity index (χ2n) is 5.04. The monoisotopic (exact) mass is 265 g/mol. The van der Waals surface area contributed by atoms with Gasteiger partial charge in [-0.15, -0.1) is 0 Å². The highest BCUT2D eigenvalue weighted by Gasteiger charge is 2.14. The van der Waals surface area contributed by atoms with E-state index in [-0.39, 0.29) is 11.6 Å². The van der Waals surface area contributed by atoms with E-state index >= 15 is 0 Å². The number of aromatic nitrogens is 2. The highest BCUT2D eigenvalue weighted by Crippen LogP contribution is 2.24. The van der Waals surface area contributed by atoms with Gasteiger partial charge in [0.1, 0.15) is 17.5 Å². The molecule has 19 heavy (non-hydrogen) atoms. The standard InChI is InChI=1S/C14H17F2N3/c1-8(2)5-12(17)14-18-7-13(19-14)10-6-9(15)3-4-11(10)16/h3-4,6-8,12H,5,17H2,1-2H3,(H,18,19). The Morgan fingerprint density at radius 2 is 2.05 bits per heavy atom. The Morgan fingerprint density at radius 3 is 2.74 bits per heavy atom. The number of halogens is 2. The van der Waals surface area contributed by atoms with Crippen LogP contribution in [0.5, 0.6) is 0 Å². The minimum absolute atomic E-state index is 0.162. The van der Waals surface area contributed by atoms with Crippen molar-refractivity contribution in [1.82, 2.24) is 9.97 Å². The van der Waals surface area contributed by atoms with Crippen LogP contribution < -0.4 is 5.73 Å². The van der Waals surface area contributed by atoms with Crippen molar-refractivity contribution in [3.8, 4) is 11.3 Å². The summed E-state index contributed by atoms with van der Waals surface area (Å²) < 4.78 is 26.8. The molecule has 102 valence electrons. The zero-order valence-electron chi connectivity index (χ0n) is 11.0. The van der Waals surface area contributed by atoms with Crippen LogP contribution in [0, 0.1) is 17.6 Å². The van der Waals surface area contributed by atoms with Gasteiger partial charge in [-0.2, -0.15) is 0 Å². The fourth-order valence-corrected chi connectivity index (χ4v) is 1.99. The van der Waals surface area contributed by atoms with Gasteiger partial charge in [0.15, 0.2) is 0 Å². The van der Waals surface area contributed by atoms with Crippen LogP contribution in [-0.4, -0.2) is 9.97 Å². The fourth-order valence-electron chi connectivity index (χ4n) is 1.99. The number of rotatable bonds is 4. The van der Waals surface area contributed by atoms with Crippen molar-refractivity contribution in [2.24, 2.45) is 11.7 Å². The molecule has 2 rings (SSSR count). The number of H-pyrrole nitrogens is 1. The predicted molar refractivity (Wildman–Crippen MR) is 70.3 cm³/mol. The van der Waals surface area contributed by atoms with Gasteiger partial charge >= 0.3 is 0 Å². The van der Waals surface area contributed by atoms with Crippen LogP contribution in [0.3, 0.4) is 0 Å². The summed E-state index contributed by atoms with van der Waals surface area (Å²) in [5.74, 6) is 0.0508. The van der Waals surface area contributed by atoms with Crippen LogP contribution in [0.25, 0.3) is 11.3 Å². The maximum atomic E-state index is 13.6. The van der Waals surface area contributed by atoms with Gasteiger partial charge in [0.05, 0.1) is 17.9 Å². The highest BCUT2D eigenvalue weighted by atomic mass is 19.1. The van der Waals surface area contributed by atoms with Crippen molar-refractivity contribution >= 4 is 0 Å². The molecular formula is C14H17F2N3. The minimum atomic E-state index is -0.492. The van der Waals surface area contributed by atoms with Gasteiger partial charge < -0.3 is 10.7 Å². The van der Waals surface area contributed by atoms with Crippen molar-refractivity contribution in [2.75, 3.05) is 0 Å². The van der Waals surface area contributed by atoms with Gasteiger partial charge in [-0.3, -0.25) is 0 Å². The molecule has 1 aromatic carbocycles. The molecule has 0 fully saturated rings. The fraction of sp³-hybridized carbons (Fsp3) is 0.357. The predicted octanol–water partition coefficient (Wildman–Crippen LogP) is 3.40. The molecule has 1 unspecified atom stereocenters. The summed E-state index contributed by atoms with van der Waals surface area (Å²) >= 11 is 0. The van der Waals surface area contributed by atoms with Crippen LogP contribution in [0.4, 0.5) is 8.78 Å². The number of aromatic amines is 1. The average molecular weight is 265 g/mol. The van der Waals surface area contributed by atoms with E-state index in [1.165, 1.54) is 6.20 Å². The number of imidazole rings is 1. The molecule has 0 aliphatic rings. The Balaban J connectivity index is 2.28. The molecule has 5 heteroatoms. The Bertz CT molecular complexity index is 564. The second kappa shape index (κ2) is 5.48. The van der Waals surface area contributed by atoms with E-state index in [2.05, 4.69) is 23.8 Å². The zero-order chi connectivity index (χ0) is 14.0. The van der Waals surface area contributed by atoms with Crippen molar-refractivity contribution in [3.05, 3.63) is 41.9 Å². The quantitative estimate of drug-likeness (QED) is 0.890. The molecule has 0 spiro atoms. The van der Waals surface area contributed by atoms with E-state index < -0.39 is 11.6 Å². The Kier molecular flexibility index (Phi) is 3.95. The maximum Gasteiger partial charge on any atom is 0.132 e. The number of nitrogens with zero attached hydrogens (tertiary/aromatic N) is 1. The lowest BCUT2D eigenvalue weighted by atomic mass is 10.0. The van der Waals surface area contributed by atoms with E-state index in [1.807, 2.05) is 0 Å². The molecular weight excluding hydrogens is 248 g/mol. The van der Waals surface area contributed by atoms with Crippen molar-refractivity contribution in [2.45, 2.75) is 26.3 Å². The van der Waals surface area contributed by atoms with E-state index in [4.69, 9.17) is 5.73 Å². The highest BCUT2D eigenvalue weighted by molar-refractivity contribution is 5.59. The van der Waals surface area contributed by atoms with Crippen LogP contribution >= 0.6 is 0 Å². The van der Waals surface area contributed by atoms with Crippen LogP contribution in [-0.2, 0) is 0 Å². The van der Waals surface area contributed by atoms with E-state index in [9.17, 15) is 8.78 Å². The van der Waals surface area contributed by atoms with Gasteiger partial charge in [0, 0.05) is 5.56 Å². The second-order valence-corrected chi connectivity index (χ2v) is 5.04. The Labute approximate surface area is 110 Å². The zero-order valence-corrected chi connectivity index (χ0v) is 11.0. The van der Waals surface area contributed by atoms with Gasteiger partial charge in [0.25, 0.3) is 0 Å². The average Bonchev–Trinajstić information content (AvgIpc) is 2.80. The first-order valence-electron chi connectivity index (χ1n) is 6.23. The molecule has 3 nitrogen and oxygen atoms in total. The first-order valence-corrected chi connectivity index (χ1v) is 6.23. The lowest BCUT2D eigenvalue weighted by molar-refractivity contribution is 0.496. The van der Waals surface area contributed by atoms with E-state index in [0.29, 0.717) is 17.4 Å². The molecule has 0 aliphatic heterocycles. The third-order valence-corrected chi connectivity index (χ3v) is 2.89. The first kappa shape index (κ1) is 13.7. The smallest absolute Gasteiger partial charge is 0.132 e. The van der Waals surface area contributed by atoms with Crippen LogP contribution in [0.1, 0.15) is 32.1 Å². The first-order chi connectivity index (χ1) is 8.97.